The zero-order valence-corrected chi connectivity index (χ0v) is 22.1. The number of aromatic nitrogens is 4. The molecule has 0 spiro atoms. The largest absolute Gasteiger partial charge is 0.418 e. The Kier molecular flexibility index (Phi) is 7.79. The first kappa shape index (κ1) is 30.6. The molecule has 1 saturated heterocycles. The Morgan fingerprint density at radius 1 is 1.10 bits per heavy atom. The molecule has 17 heteroatoms. The van der Waals surface area contributed by atoms with Gasteiger partial charge < -0.3 is 20.4 Å². The minimum atomic E-state index is -4.99. The van der Waals surface area contributed by atoms with Gasteiger partial charge in [0.1, 0.15) is 11.7 Å². The lowest BCUT2D eigenvalue weighted by molar-refractivity contribution is -0.206. The van der Waals surface area contributed by atoms with Gasteiger partial charge in [-0.05, 0) is 24.3 Å². The SMILES string of the molecule is OC[C@@H]1[C@H](O)[C@@H](n2cc(-c3cc(F)c(F)c(F)c3)nn2)[C@@H](O)C[SH]1C(c1ncccc1C(F)(F)F)C1(O)CC(F)(F)C1. The number of aliphatic hydroxyl groups excluding tert-OH is 3. The zero-order valence-electron chi connectivity index (χ0n) is 21.2. The van der Waals surface area contributed by atoms with Crippen LogP contribution in [0.5, 0.6) is 0 Å². The van der Waals surface area contributed by atoms with E-state index in [1.54, 1.807) is 0 Å². The molecular formula is C25H24F8N4O4S. The van der Waals surface area contributed by atoms with E-state index in [0.717, 1.165) is 23.1 Å². The van der Waals surface area contributed by atoms with E-state index >= 15 is 0 Å². The molecule has 4 N–H and O–H groups in total. The highest BCUT2D eigenvalue weighted by atomic mass is 32.2. The summed E-state index contributed by atoms with van der Waals surface area (Å²) in [5.41, 5.74) is -4.84. The van der Waals surface area contributed by atoms with E-state index in [9.17, 15) is 55.5 Å². The lowest BCUT2D eigenvalue weighted by Gasteiger charge is -2.56. The average Bonchev–Trinajstić information content (AvgIpc) is 3.35. The Labute approximate surface area is 235 Å². The van der Waals surface area contributed by atoms with Crippen LogP contribution in [0.1, 0.15) is 35.4 Å². The van der Waals surface area contributed by atoms with Crippen molar-refractivity contribution in [1.29, 1.82) is 0 Å². The van der Waals surface area contributed by atoms with Crippen LogP contribution in [0.3, 0.4) is 0 Å². The summed E-state index contributed by atoms with van der Waals surface area (Å²) in [5.74, 6) is -8.56. The maximum Gasteiger partial charge on any atom is 0.418 e. The second-order valence-electron chi connectivity index (χ2n) is 10.5. The fourth-order valence-corrected chi connectivity index (χ4v) is 9.45. The molecule has 2 unspecified atom stereocenters. The fraction of sp³-hybridized carbons (Fsp3) is 0.480. The van der Waals surface area contributed by atoms with Crippen molar-refractivity contribution in [3.05, 3.63) is 65.4 Å². The molecule has 42 heavy (non-hydrogen) atoms. The summed E-state index contributed by atoms with van der Waals surface area (Å²) in [5, 5.41) is 48.3. The lowest BCUT2D eigenvalue weighted by Crippen LogP contribution is -2.59. The number of alkyl halides is 5. The molecule has 0 radical (unpaired) electrons. The van der Waals surface area contributed by atoms with Gasteiger partial charge in [0.25, 0.3) is 5.92 Å². The molecule has 2 aliphatic rings. The molecule has 3 heterocycles. The first-order chi connectivity index (χ1) is 19.6. The third-order valence-corrected chi connectivity index (χ3v) is 11.1. The molecule has 0 amide bonds. The molecule has 2 fully saturated rings. The van der Waals surface area contributed by atoms with Crippen molar-refractivity contribution in [1.82, 2.24) is 20.0 Å². The Balaban J connectivity index is 1.52. The molecule has 1 aliphatic carbocycles. The minimum absolute atomic E-state index is 0.187. The summed E-state index contributed by atoms with van der Waals surface area (Å²) < 4.78 is 112. The van der Waals surface area contributed by atoms with Crippen molar-refractivity contribution in [2.45, 2.75) is 59.3 Å². The van der Waals surface area contributed by atoms with E-state index in [1.165, 1.54) is 0 Å². The van der Waals surface area contributed by atoms with E-state index in [-0.39, 0.29) is 11.3 Å². The molecule has 5 rings (SSSR count). The predicted molar refractivity (Wildman–Crippen MR) is 132 cm³/mol. The van der Waals surface area contributed by atoms with Crippen molar-refractivity contribution in [2.24, 2.45) is 0 Å². The van der Waals surface area contributed by atoms with Crippen molar-refractivity contribution in [3.8, 4) is 11.3 Å². The summed E-state index contributed by atoms with van der Waals surface area (Å²) >= 11 is 0. The van der Waals surface area contributed by atoms with Gasteiger partial charge in [0.05, 0.1) is 47.1 Å². The maximum atomic E-state index is 14.0. The van der Waals surface area contributed by atoms with Crippen LogP contribution in [-0.2, 0) is 6.18 Å². The van der Waals surface area contributed by atoms with Crippen LogP contribution in [0, 0.1) is 17.5 Å². The van der Waals surface area contributed by atoms with E-state index in [0.29, 0.717) is 18.2 Å². The zero-order chi connectivity index (χ0) is 30.8. The number of benzene rings is 1. The van der Waals surface area contributed by atoms with Gasteiger partial charge >= 0.3 is 6.18 Å². The molecule has 1 saturated carbocycles. The van der Waals surface area contributed by atoms with Crippen LogP contribution >= 0.6 is 10.9 Å². The maximum absolute atomic E-state index is 14.0. The second-order valence-corrected chi connectivity index (χ2v) is 13.1. The first-order valence-electron chi connectivity index (χ1n) is 12.5. The number of hydrogen-bond acceptors (Lipinski definition) is 7. The molecule has 6 atom stereocenters. The van der Waals surface area contributed by atoms with Gasteiger partial charge in [-0.15, -0.1) is 5.10 Å². The molecule has 1 aliphatic heterocycles. The Hall–Kier alpha value is -2.86. The van der Waals surface area contributed by atoms with E-state index < -0.39 is 111 Å². The third kappa shape index (κ3) is 5.36. The van der Waals surface area contributed by atoms with Gasteiger partial charge in [0, 0.05) is 35.6 Å². The smallest absolute Gasteiger partial charge is 0.395 e. The summed E-state index contributed by atoms with van der Waals surface area (Å²) in [4.78, 5) is 3.80. The van der Waals surface area contributed by atoms with Crippen LogP contribution < -0.4 is 0 Å². The normalized spacial score (nSPS) is 28.7. The first-order valence-corrected chi connectivity index (χ1v) is 14.1. The number of nitrogens with zero attached hydrogens (tertiary/aromatic N) is 4. The lowest BCUT2D eigenvalue weighted by atomic mass is 9.73. The van der Waals surface area contributed by atoms with Crippen LogP contribution in [0.2, 0.25) is 0 Å². The van der Waals surface area contributed by atoms with Crippen molar-refractivity contribution >= 4 is 10.9 Å². The minimum Gasteiger partial charge on any atom is -0.395 e. The Bertz CT molecular complexity index is 1440. The van der Waals surface area contributed by atoms with E-state index in [2.05, 4.69) is 15.3 Å². The number of halogens is 8. The number of thiol groups is 1. The molecule has 2 aromatic heterocycles. The van der Waals surface area contributed by atoms with Gasteiger partial charge in [-0.3, -0.25) is 4.98 Å². The van der Waals surface area contributed by atoms with Gasteiger partial charge in [-0.2, -0.15) is 13.2 Å². The molecule has 0 bridgehead atoms. The van der Waals surface area contributed by atoms with E-state index in [1.807, 2.05) is 0 Å². The highest BCUT2D eigenvalue weighted by molar-refractivity contribution is 8.18. The Morgan fingerprint density at radius 2 is 1.74 bits per heavy atom. The van der Waals surface area contributed by atoms with Gasteiger partial charge in [0.2, 0.25) is 0 Å². The van der Waals surface area contributed by atoms with Crippen molar-refractivity contribution in [2.75, 3.05) is 12.4 Å². The van der Waals surface area contributed by atoms with Gasteiger partial charge in [-0.1, -0.05) is 5.21 Å². The average molecular weight is 629 g/mol. The van der Waals surface area contributed by atoms with Crippen molar-refractivity contribution < 1.29 is 55.5 Å². The van der Waals surface area contributed by atoms with Gasteiger partial charge in [-0.25, -0.2) is 37.5 Å². The summed E-state index contributed by atoms with van der Waals surface area (Å²) in [6.45, 7) is -0.872. The topological polar surface area (TPSA) is 125 Å². The highest BCUT2D eigenvalue weighted by Crippen LogP contribution is 2.64. The van der Waals surface area contributed by atoms with Crippen LogP contribution in [0.25, 0.3) is 11.3 Å². The van der Waals surface area contributed by atoms with E-state index in [4.69, 9.17) is 0 Å². The number of hydrogen-bond donors (Lipinski definition) is 5. The number of rotatable bonds is 6. The summed E-state index contributed by atoms with van der Waals surface area (Å²) in [6.07, 6.45) is -8.67. The molecular weight excluding hydrogens is 604 g/mol. The summed E-state index contributed by atoms with van der Waals surface area (Å²) in [7, 11) is -2.27. The molecule has 3 aromatic rings. The Morgan fingerprint density at radius 3 is 2.31 bits per heavy atom. The molecule has 8 nitrogen and oxygen atoms in total. The molecule has 1 aromatic carbocycles. The standard InChI is InChI=1S/C25H24F8N4O4S/c26-13-4-11(5-14(27)18(13)28)15-6-37(36-35-15)20-16(39)8-42(17(7-38)21(20)40)22(23(41)9-24(29,30)10-23)19-12(25(31,32)33)2-1-3-34-19/h1-6,16-17,20-22,38-42H,7-10H2/t16-,17+,20-,21-,22?/m0/s1. The van der Waals surface area contributed by atoms with Crippen LogP contribution in [-0.4, -0.2) is 81.7 Å². The number of aliphatic hydroxyl groups is 4. The monoisotopic (exact) mass is 628 g/mol. The van der Waals surface area contributed by atoms with Crippen LogP contribution in [0.15, 0.2) is 36.7 Å². The van der Waals surface area contributed by atoms with Crippen molar-refractivity contribution in [3.63, 3.8) is 0 Å². The second kappa shape index (κ2) is 10.7. The summed E-state index contributed by atoms with van der Waals surface area (Å²) in [6, 6.07) is 1.54. The highest BCUT2D eigenvalue weighted by Gasteiger charge is 2.63. The van der Waals surface area contributed by atoms with Crippen LogP contribution in [0.4, 0.5) is 35.1 Å². The number of pyridine rings is 1. The van der Waals surface area contributed by atoms with Gasteiger partial charge in [0.15, 0.2) is 17.5 Å². The quantitative estimate of drug-likeness (QED) is 0.161. The fourth-order valence-electron chi connectivity index (χ4n) is 5.84. The predicted octanol–water partition coefficient (Wildman–Crippen LogP) is 3.32. The third-order valence-electron chi connectivity index (χ3n) is 7.62. The molecule has 230 valence electrons.